The largest absolute Gasteiger partial charge is 0.310 e. The number of amides is 1. The van der Waals surface area contributed by atoms with E-state index < -0.39 is 0 Å². The first-order valence-corrected chi connectivity index (χ1v) is 8.88. The van der Waals surface area contributed by atoms with Crippen molar-refractivity contribution in [3.63, 3.8) is 0 Å². The lowest BCUT2D eigenvalue weighted by molar-refractivity contribution is -0.117. The van der Waals surface area contributed by atoms with Gasteiger partial charge in [-0.25, -0.2) is 0 Å². The minimum atomic E-state index is -0.218. The maximum absolute atomic E-state index is 12.9. The summed E-state index contributed by atoms with van der Waals surface area (Å²) in [4.78, 5) is 15.8. The molecule has 1 atom stereocenters. The van der Waals surface area contributed by atoms with Crippen molar-refractivity contribution in [3.05, 3.63) is 59.7 Å². The lowest BCUT2D eigenvalue weighted by Crippen LogP contribution is -2.37. The van der Waals surface area contributed by atoms with Crippen molar-refractivity contribution in [3.8, 4) is 6.07 Å². The molecule has 0 saturated carbocycles. The van der Waals surface area contributed by atoms with E-state index in [-0.39, 0.29) is 11.2 Å². The van der Waals surface area contributed by atoms with Crippen LogP contribution in [-0.2, 0) is 4.79 Å². The maximum atomic E-state index is 12.9. The van der Waals surface area contributed by atoms with E-state index in [1.54, 1.807) is 16.7 Å². The minimum absolute atomic E-state index is 0.0300. The van der Waals surface area contributed by atoms with E-state index in [0.717, 1.165) is 10.6 Å². The summed E-state index contributed by atoms with van der Waals surface area (Å²) in [6.45, 7) is 6.46. The topological polar surface area (TPSA) is 44.1 Å². The predicted molar refractivity (Wildman–Crippen MR) is 100 cm³/mol. The molecular formula is C20H22N2OS. The average molecular weight is 338 g/mol. The van der Waals surface area contributed by atoms with Gasteiger partial charge in [0, 0.05) is 17.1 Å². The van der Waals surface area contributed by atoms with Gasteiger partial charge in [0.1, 0.15) is 0 Å². The number of carbonyl (C=O) groups is 1. The van der Waals surface area contributed by atoms with Gasteiger partial charge in [-0.1, -0.05) is 35.9 Å². The number of hydrogen-bond acceptors (Lipinski definition) is 3. The fourth-order valence-electron chi connectivity index (χ4n) is 2.43. The molecule has 2 aromatic rings. The number of rotatable bonds is 6. The number of aryl methyl sites for hydroxylation is 2. The number of thioether (sulfide) groups is 1. The Morgan fingerprint density at radius 1 is 1.21 bits per heavy atom. The van der Waals surface area contributed by atoms with Gasteiger partial charge in [0.15, 0.2) is 0 Å². The molecule has 0 aliphatic rings. The van der Waals surface area contributed by atoms with Crippen molar-refractivity contribution in [2.75, 3.05) is 11.4 Å². The van der Waals surface area contributed by atoms with Crippen molar-refractivity contribution in [2.45, 2.75) is 37.3 Å². The summed E-state index contributed by atoms with van der Waals surface area (Å²) in [6, 6.07) is 18.0. The van der Waals surface area contributed by atoms with Gasteiger partial charge in [-0.05, 0) is 44.5 Å². The van der Waals surface area contributed by atoms with Crippen LogP contribution in [0.5, 0.6) is 0 Å². The molecule has 0 aliphatic carbocycles. The highest BCUT2D eigenvalue weighted by molar-refractivity contribution is 8.00. The molecule has 2 aromatic carbocycles. The molecule has 0 saturated heterocycles. The van der Waals surface area contributed by atoms with E-state index in [4.69, 9.17) is 5.26 Å². The highest BCUT2D eigenvalue weighted by Crippen LogP contribution is 2.29. The molecule has 0 N–H and O–H groups in total. The van der Waals surface area contributed by atoms with Gasteiger partial charge in [-0.2, -0.15) is 5.26 Å². The van der Waals surface area contributed by atoms with E-state index >= 15 is 0 Å². The van der Waals surface area contributed by atoms with E-state index in [1.165, 1.54) is 11.1 Å². The van der Waals surface area contributed by atoms with Crippen LogP contribution in [0.15, 0.2) is 53.4 Å². The molecule has 24 heavy (non-hydrogen) atoms. The molecule has 0 fully saturated rings. The smallest absolute Gasteiger partial charge is 0.240 e. The Morgan fingerprint density at radius 2 is 1.92 bits per heavy atom. The fourth-order valence-corrected chi connectivity index (χ4v) is 3.55. The average Bonchev–Trinajstić information content (AvgIpc) is 2.59. The molecule has 0 aliphatic heterocycles. The summed E-state index contributed by atoms with van der Waals surface area (Å²) < 4.78 is 0. The van der Waals surface area contributed by atoms with E-state index in [9.17, 15) is 4.79 Å². The molecule has 124 valence electrons. The summed E-state index contributed by atoms with van der Waals surface area (Å²) in [6.07, 6.45) is 0.321. The van der Waals surface area contributed by atoms with Crippen LogP contribution in [0.4, 0.5) is 5.69 Å². The second-order valence-corrected chi connectivity index (χ2v) is 7.15. The third kappa shape index (κ3) is 4.62. The second-order valence-electron chi connectivity index (χ2n) is 5.76. The number of carbonyl (C=O) groups excluding carboxylic acids is 1. The first-order chi connectivity index (χ1) is 11.5. The van der Waals surface area contributed by atoms with Crippen LogP contribution in [-0.4, -0.2) is 17.7 Å². The predicted octanol–water partition coefficient (Wildman–Crippen LogP) is 4.73. The van der Waals surface area contributed by atoms with Gasteiger partial charge in [0.2, 0.25) is 5.91 Å². The molecule has 1 unspecified atom stereocenters. The van der Waals surface area contributed by atoms with Crippen LogP contribution in [0.25, 0.3) is 0 Å². The Morgan fingerprint density at radius 3 is 2.58 bits per heavy atom. The zero-order valence-corrected chi connectivity index (χ0v) is 15.1. The normalized spacial score (nSPS) is 11.6. The third-order valence-corrected chi connectivity index (χ3v) is 5.03. The zero-order valence-electron chi connectivity index (χ0n) is 14.3. The quantitative estimate of drug-likeness (QED) is 0.715. The molecule has 0 heterocycles. The summed E-state index contributed by atoms with van der Waals surface area (Å²) in [5.41, 5.74) is 3.20. The van der Waals surface area contributed by atoms with E-state index in [0.29, 0.717) is 13.0 Å². The Kier molecular flexibility index (Phi) is 6.45. The van der Waals surface area contributed by atoms with Crippen LogP contribution in [0.3, 0.4) is 0 Å². The molecule has 4 heteroatoms. The van der Waals surface area contributed by atoms with Gasteiger partial charge in [-0.15, -0.1) is 11.8 Å². The lowest BCUT2D eigenvalue weighted by atomic mass is 10.2. The van der Waals surface area contributed by atoms with Gasteiger partial charge < -0.3 is 4.90 Å². The number of anilines is 1. The van der Waals surface area contributed by atoms with E-state index in [1.807, 2.05) is 37.3 Å². The molecule has 0 radical (unpaired) electrons. The number of para-hydroxylation sites is 1. The van der Waals surface area contributed by atoms with Gasteiger partial charge in [-0.3, -0.25) is 4.79 Å². The van der Waals surface area contributed by atoms with Crippen molar-refractivity contribution >= 4 is 23.4 Å². The standard InChI is InChI=1S/C20H22N2OS/c1-15-10-11-16(2)19(14-15)24-17(3)20(23)22(13-7-12-21)18-8-5-4-6-9-18/h4-6,8-11,14,17H,7,13H2,1-3H3. The third-order valence-electron chi connectivity index (χ3n) is 3.78. The van der Waals surface area contributed by atoms with Crippen LogP contribution < -0.4 is 4.90 Å². The zero-order chi connectivity index (χ0) is 17.5. The molecule has 0 aromatic heterocycles. The van der Waals surface area contributed by atoms with E-state index in [2.05, 4.69) is 38.1 Å². The summed E-state index contributed by atoms with van der Waals surface area (Å²) in [5, 5.41) is 8.67. The first kappa shape index (κ1) is 18.1. The van der Waals surface area contributed by atoms with Crippen LogP contribution in [0, 0.1) is 25.2 Å². The molecule has 2 rings (SSSR count). The Labute approximate surface area is 148 Å². The van der Waals surface area contributed by atoms with Gasteiger partial charge in [0.05, 0.1) is 17.7 Å². The lowest BCUT2D eigenvalue weighted by Gasteiger charge is -2.25. The van der Waals surface area contributed by atoms with Crippen LogP contribution in [0.1, 0.15) is 24.5 Å². The summed E-state index contributed by atoms with van der Waals surface area (Å²) >= 11 is 1.57. The minimum Gasteiger partial charge on any atom is -0.310 e. The Bertz CT molecular complexity index is 737. The molecular weight excluding hydrogens is 316 g/mol. The first-order valence-electron chi connectivity index (χ1n) is 8.00. The van der Waals surface area contributed by atoms with Gasteiger partial charge in [0.25, 0.3) is 0 Å². The number of nitrogens with zero attached hydrogens (tertiary/aromatic N) is 2. The monoisotopic (exact) mass is 338 g/mol. The van der Waals surface area contributed by atoms with Crippen molar-refractivity contribution in [2.24, 2.45) is 0 Å². The highest BCUT2D eigenvalue weighted by Gasteiger charge is 2.23. The fraction of sp³-hybridized carbons (Fsp3) is 0.300. The molecule has 3 nitrogen and oxygen atoms in total. The molecule has 0 bridgehead atoms. The Hall–Kier alpha value is -2.25. The summed E-state index contributed by atoms with van der Waals surface area (Å²) in [5.74, 6) is 0.0300. The number of nitriles is 1. The Balaban J connectivity index is 2.19. The van der Waals surface area contributed by atoms with Crippen molar-refractivity contribution < 1.29 is 4.79 Å². The SMILES string of the molecule is Cc1ccc(C)c(SC(C)C(=O)N(CCC#N)c2ccccc2)c1. The molecule has 1 amide bonds. The second kappa shape index (κ2) is 8.56. The highest BCUT2D eigenvalue weighted by atomic mass is 32.2. The van der Waals surface area contributed by atoms with Crippen molar-refractivity contribution in [1.29, 1.82) is 5.26 Å². The number of hydrogen-bond donors (Lipinski definition) is 0. The van der Waals surface area contributed by atoms with Crippen molar-refractivity contribution in [1.82, 2.24) is 0 Å². The van der Waals surface area contributed by atoms with Crippen LogP contribution in [0.2, 0.25) is 0 Å². The summed E-state index contributed by atoms with van der Waals surface area (Å²) in [7, 11) is 0. The number of benzene rings is 2. The van der Waals surface area contributed by atoms with Gasteiger partial charge >= 0.3 is 0 Å². The van der Waals surface area contributed by atoms with Crippen LogP contribution >= 0.6 is 11.8 Å². The maximum Gasteiger partial charge on any atom is 0.240 e. The molecule has 0 spiro atoms.